The number of hydrogen-bond acceptors (Lipinski definition) is 5. The van der Waals surface area contributed by atoms with Crippen LogP contribution in [0.5, 0.6) is 5.75 Å². The molecule has 2 aromatic rings. The van der Waals surface area contributed by atoms with Crippen LogP contribution in [0.15, 0.2) is 64.6 Å². The van der Waals surface area contributed by atoms with Crippen molar-refractivity contribution in [2.75, 3.05) is 20.1 Å². The number of aliphatic imine (C=N–C) groups is 1. The molecule has 1 N–H and O–H groups in total. The number of nitrogens with zero attached hydrogens (tertiary/aromatic N) is 3. The molecule has 2 heterocycles. The van der Waals surface area contributed by atoms with E-state index in [1.165, 1.54) is 0 Å². The van der Waals surface area contributed by atoms with E-state index in [1.807, 2.05) is 49.5 Å². The van der Waals surface area contributed by atoms with Gasteiger partial charge in [-0.1, -0.05) is 47.6 Å². The van der Waals surface area contributed by atoms with Gasteiger partial charge in [0, 0.05) is 35.9 Å². The summed E-state index contributed by atoms with van der Waals surface area (Å²) in [4.78, 5) is 13.2. The van der Waals surface area contributed by atoms with Crippen LogP contribution in [0.4, 0.5) is 5.69 Å². The van der Waals surface area contributed by atoms with Crippen LogP contribution in [0, 0.1) is 5.92 Å². The smallest absolute Gasteiger partial charge is 0.147 e. The zero-order chi connectivity index (χ0) is 21.3. The highest BCUT2D eigenvalue weighted by atomic mass is 79.9. The molecule has 3 unspecified atom stereocenters. The highest BCUT2D eigenvalue weighted by Crippen LogP contribution is 2.32. The Labute approximate surface area is 187 Å². The fourth-order valence-corrected chi connectivity index (χ4v) is 4.43. The molecule has 0 spiro atoms. The lowest BCUT2D eigenvalue weighted by Gasteiger charge is -2.33. The summed E-state index contributed by atoms with van der Waals surface area (Å²) in [5, 5.41) is 5.80. The number of nitrogens with one attached hydrogen (secondary N) is 1. The third-order valence-electron chi connectivity index (χ3n) is 5.86. The molecule has 158 valence electrons. The maximum Gasteiger partial charge on any atom is 0.147 e. The first-order chi connectivity index (χ1) is 14.4. The second-order valence-corrected chi connectivity index (χ2v) is 9.18. The van der Waals surface area contributed by atoms with E-state index in [1.54, 1.807) is 0 Å². The van der Waals surface area contributed by atoms with Crippen molar-refractivity contribution in [1.29, 1.82) is 0 Å². The number of likely N-dealkylation sites (N-methyl/N-ethyl adjacent to an activating group) is 1. The van der Waals surface area contributed by atoms with E-state index in [2.05, 4.69) is 57.7 Å². The Morgan fingerprint density at radius 2 is 1.97 bits per heavy atom. The van der Waals surface area contributed by atoms with Gasteiger partial charge in [-0.15, -0.1) is 5.06 Å². The predicted octanol–water partition coefficient (Wildman–Crippen LogP) is 5.08. The van der Waals surface area contributed by atoms with E-state index in [0.717, 1.165) is 52.5 Å². The Kier molecular flexibility index (Phi) is 6.27. The molecular formula is C24H29BrN4O. The minimum Gasteiger partial charge on any atom is -0.406 e. The van der Waals surface area contributed by atoms with E-state index < -0.39 is 0 Å². The molecule has 2 aliphatic heterocycles. The molecule has 0 bridgehead atoms. The van der Waals surface area contributed by atoms with Gasteiger partial charge in [0.1, 0.15) is 11.6 Å². The summed E-state index contributed by atoms with van der Waals surface area (Å²) < 4.78 is 1.05. The Morgan fingerprint density at radius 1 is 1.23 bits per heavy atom. The molecule has 1 saturated heterocycles. The summed E-state index contributed by atoms with van der Waals surface area (Å²) in [6.07, 6.45) is 1.11. The summed E-state index contributed by atoms with van der Waals surface area (Å²) >= 11 is 3.48. The molecular weight excluding hydrogens is 440 g/mol. The Morgan fingerprint density at radius 3 is 2.73 bits per heavy atom. The standard InChI is InChI=1S/C24H29BrN4O/c1-16-13-20(29(15-16)30-21-11-9-19(25)10-12-21)14-26-17(2)24-27-23-8-6-5-7-22(23)18(3)28(24)4/h5-12,16-17,20,26H,3,13-15H2,1-2,4H3. The Bertz CT molecular complexity index is 942. The summed E-state index contributed by atoms with van der Waals surface area (Å²) in [6.45, 7) is 10.5. The topological polar surface area (TPSA) is 40.1 Å². The van der Waals surface area contributed by atoms with Crippen molar-refractivity contribution >= 4 is 33.1 Å². The number of hydrogen-bond donors (Lipinski definition) is 1. The van der Waals surface area contributed by atoms with Gasteiger partial charge < -0.3 is 15.1 Å². The third kappa shape index (κ3) is 4.46. The Balaban J connectivity index is 1.42. The number of para-hydroxylation sites is 1. The van der Waals surface area contributed by atoms with E-state index in [0.29, 0.717) is 12.0 Å². The van der Waals surface area contributed by atoms with E-state index >= 15 is 0 Å². The molecule has 0 radical (unpaired) electrons. The van der Waals surface area contributed by atoms with Gasteiger partial charge in [0.15, 0.2) is 0 Å². The maximum absolute atomic E-state index is 6.19. The number of amidine groups is 1. The molecule has 5 nitrogen and oxygen atoms in total. The van der Waals surface area contributed by atoms with Gasteiger partial charge in [0.05, 0.1) is 17.8 Å². The SMILES string of the molecule is C=C1c2ccccc2N=C(C(C)NCC2CC(C)CN2Oc2ccc(Br)cc2)N1C. The first-order valence-electron chi connectivity index (χ1n) is 10.5. The molecule has 0 amide bonds. The van der Waals surface area contributed by atoms with Crippen molar-refractivity contribution in [3.8, 4) is 5.75 Å². The predicted molar refractivity (Wildman–Crippen MR) is 127 cm³/mol. The lowest BCUT2D eigenvalue weighted by molar-refractivity contribution is -0.0714. The van der Waals surface area contributed by atoms with Crippen molar-refractivity contribution in [2.45, 2.75) is 32.4 Å². The molecule has 0 saturated carbocycles. The van der Waals surface area contributed by atoms with Gasteiger partial charge in [-0.05, 0) is 49.6 Å². The van der Waals surface area contributed by atoms with Crippen LogP contribution in [0.1, 0.15) is 25.8 Å². The molecule has 2 aromatic carbocycles. The second kappa shape index (κ2) is 8.92. The minimum atomic E-state index is 0.102. The fraction of sp³-hybridized carbons (Fsp3) is 0.375. The van der Waals surface area contributed by atoms with E-state index in [4.69, 9.17) is 9.83 Å². The highest BCUT2D eigenvalue weighted by molar-refractivity contribution is 9.10. The minimum absolute atomic E-state index is 0.102. The number of rotatable bonds is 6. The molecule has 1 fully saturated rings. The first kappa shape index (κ1) is 21.1. The average Bonchev–Trinajstić information content (AvgIpc) is 3.09. The van der Waals surface area contributed by atoms with Gasteiger partial charge in [0.25, 0.3) is 0 Å². The van der Waals surface area contributed by atoms with E-state index in [-0.39, 0.29) is 6.04 Å². The van der Waals surface area contributed by atoms with E-state index in [9.17, 15) is 0 Å². The lowest BCUT2D eigenvalue weighted by atomic mass is 10.1. The normalized spacial score (nSPS) is 22.6. The van der Waals surface area contributed by atoms with Crippen LogP contribution in [0.25, 0.3) is 5.70 Å². The number of hydroxylamine groups is 2. The average molecular weight is 469 g/mol. The molecule has 30 heavy (non-hydrogen) atoms. The van der Waals surface area contributed by atoms with Gasteiger partial charge >= 0.3 is 0 Å². The zero-order valence-electron chi connectivity index (χ0n) is 17.8. The van der Waals surface area contributed by atoms with Gasteiger partial charge in [-0.2, -0.15) is 0 Å². The quantitative estimate of drug-likeness (QED) is 0.641. The monoisotopic (exact) mass is 468 g/mol. The molecule has 3 atom stereocenters. The second-order valence-electron chi connectivity index (χ2n) is 8.26. The summed E-state index contributed by atoms with van der Waals surface area (Å²) in [7, 11) is 2.04. The van der Waals surface area contributed by atoms with Crippen molar-refractivity contribution in [1.82, 2.24) is 15.3 Å². The van der Waals surface area contributed by atoms with Crippen LogP contribution in [0.2, 0.25) is 0 Å². The molecule has 4 rings (SSSR count). The van der Waals surface area contributed by atoms with Crippen molar-refractivity contribution in [3.63, 3.8) is 0 Å². The van der Waals surface area contributed by atoms with Crippen molar-refractivity contribution < 1.29 is 4.84 Å². The molecule has 6 heteroatoms. The fourth-order valence-electron chi connectivity index (χ4n) is 4.16. The third-order valence-corrected chi connectivity index (χ3v) is 6.38. The molecule has 2 aliphatic rings. The van der Waals surface area contributed by atoms with Crippen LogP contribution in [-0.2, 0) is 0 Å². The van der Waals surface area contributed by atoms with Gasteiger partial charge in [0.2, 0.25) is 0 Å². The number of halogens is 1. The zero-order valence-corrected chi connectivity index (χ0v) is 19.4. The number of benzene rings is 2. The number of fused-ring (bicyclic) bond motifs is 1. The van der Waals surface area contributed by atoms with Crippen molar-refractivity contribution in [2.24, 2.45) is 10.9 Å². The largest absolute Gasteiger partial charge is 0.406 e. The van der Waals surface area contributed by atoms with Crippen molar-refractivity contribution in [3.05, 3.63) is 65.1 Å². The maximum atomic E-state index is 6.19. The van der Waals surface area contributed by atoms with Crippen LogP contribution in [-0.4, -0.2) is 48.0 Å². The van der Waals surface area contributed by atoms with Gasteiger partial charge in [-0.3, -0.25) is 0 Å². The Hall–Kier alpha value is -2.15. The summed E-state index contributed by atoms with van der Waals surface area (Å²) in [6, 6.07) is 16.6. The first-order valence-corrected chi connectivity index (χ1v) is 11.3. The highest BCUT2D eigenvalue weighted by Gasteiger charge is 2.32. The summed E-state index contributed by atoms with van der Waals surface area (Å²) in [5.41, 5.74) is 3.06. The van der Waals surface area contributed by atoms with Crippen LogP contribution in [0.3, 0.4) is 0 Å². The van der Waals surface area contributed by atoms with Crippen LogP contribution >= 0.6 is 15.9 Å². The van der Waals surface area contributed by atoms with Gasteiger partial charge in [-0.25, -0.2) is 4.99 Å². The molecule has 0 aromatic heterocycles. The summed E-state index contributed by atoms with van der Waals surface area (Å²) in [5.74, 6) is 2.46. The lowest BCUT2D eigenvalue weighted by Crippen LogP contribution is -2.48. The molecule has 0 aliphatic carbocycles. The van der Waals surface area contributed by atoms with Crippen LogP contribution < -0.4 is 10.2 Å².